The Hall–Kier alpha value is -4.74. The van der Waals surface area contributed by atoms with Crippen LogP contribution in [0.25, 0.3) is 17.3 Å². The smallest absolute Gasteiger partial charge is 0.355 e. The molecule has 0 spiro atoms. The van der Waals surface area contributed by atoms with E-state index in [2.05, 4.69) is 10.5 Å². The highest BCUT2D eigenvalue weighted by Gasteiger charge is 2.54. The number of nitrogens with one attached hydrogen (secondary N) is 1. The second-order valence-corrected chi connectivity index (χ2v) is 12.3. The van der Waals surface area contributed by atoms with E-state index in [1.165, 1.54) is 28.4 Å². The molecule has 11 heteroatoms. The number of rotatable bonds is 11. The number of nitrogens with zero attached hydrogens (tertiary/aromatic N) is 2. The van der Waals surface area contributed by atoms with E-state index < -0.39 is 17.4 Å². The summed E-state index contributed by atoms with van der Waals surface area (Å²) < 4.78 is 16.4. The molecular formula is C34H29N3O6S2. The highest BCUT2D eigenvalue weighted by Crippen LogP contribution is 2.41. The highest BCUT2D eigenvalue weighted by atomic mass is 32.2. The van der Waals surface area contributed by atoms with Crippen molar-refractivity contribution in [1.29, 1.82) is 0 Å². The summed E-state index contributed by atoms with van der Waals surface area (Å²) in [6, 6.07) is 27.5. The molecule has 45 heavy (non-hydrogen) atoms. The van der Waals surface area contributed by atoms with E-state index in [4.69, 9.17) is 14.0 Å². The van der Waals surface area contributed by atoms with Crippen molar-refractivity contribution in [3.8, 4) is 17.0 Å². The normalized spacial score (nSPS) is 17.5. The van der Waals surface area contributed by atoms with Crippen LogP contribution in [0.15, 0.2) is 118 Å². The number of esters is 1. The van der Waals surface area contributed by atoms with Crippen molar-refractivity contribution in [3.63, 3.8) is 0 Å². The molecule has 2 aliphatic rings. The van der Waals surface area contributed by atoms with Gasteiger partial charge in [-0.25, -0.2) is 4.79 Å². The standard InChI is InChI=1S/C34H29N3O6S2/c1-41-25-15-12-22(13-16-25)19-42-34(40)31-24(14-17-26-18-28(36-43-26)23-8-4-2-5-9-23)20-45-33-30(32(39)37(31)33)35-29(38)21-44-27-10-6-3-7-11-27/h2-18,30,33H,19-21H2,1H3,(H,35,38)/b17-14+/t30-,33?/m1/s1. The van der Waals surface area contributed by atoms with Crippen LogP contribution in [0, 0.1) is 0 Å². The maximum Gasteiger partial charge on any atom is 0.355 e. The third-order valence-electron chi connectivity index (χ3n) is 7.20. The number of methoxy groups -OCH3 is 1. The largest absolute Gasteiger partial charge is 0.497 e. The van der Waals surface area contributed by atoms with Gasteiger partial charge in [0.1, 0.15) is 35.2 Å². The van der Waals surface area contributed by atoms with Crippen LogP contribution in [0.2, 0.25) is 0 Å². The molecule has 1 fully saturated rings. The van der Waals surface area contributed by atoms with E-state index in [1.54, 1.807) is 37.5 Å². The molecule has 2 aliphatic heterocycles. The fourth-order valence-corrected chi connectivity index (χ4v) is 6.92. The van der Waals surface area contributed by atoms with Crippen molar-refractivity contribution >= 4 is 47.4 Å². The molecule has 1 N–H and O–H groups in total. The lowest BCUT2D eigenvalue weighted by Crippen LogP contribution is -2.70. The first-order chi connectivity index (χ1) is 22.0. The molecule has 0 radical (unpaired) electrons. The second-order valence-electron chi connectivity index (χ2n) is 10.2. The van der Waals surface area contributed by atoms with Crippen molar-refractivity contribution in [2.75, 3.05) is 18.6 Å². The molecule has 6 rings (SSSR count). The number of benzene rings is 3. The summed E-state index contributed by atoms with van der Waals surface area (Å²) >= 11 is 2.87. The Balaban J connectivity index is 1.19. The number of allylic oxidation sites excluding steroid dienone is 1. The van der Waals surface area contributed by atoms with E-state index in [9.17, 15) is 14.4 Å². The van der Waals surface area contributed by atoms with Crippen LogP contribution in [0.4, 0.5) is 0 Å². The summed E-state index contributed by atoms with van der Waals surface area (Å²) in [5, 5.41) is 6.57. The average molecular weight is 640 g/mol. The van der Waals surface area contributed by atoms with Gasteiger partial charge in [0.15, 0.2) is 5.76 Å². The summed E-state index contributed by atoms with van der Waals surface area (Å²) in [7, 11) is 1.58. The van der Waals surface area contributed by atoms with Crippen LogP contribution >= 0.6 is 23.5 Å². The lowest BCUT2D eigenvalue weighted by Gasteiger charge is -2.49. The molecule has 228 valence electrons. The molecule has 4 aromatic rings. The summed E-state index contributed by atoms with van der Waals surface area (Å²) in [5.41, 5.74) is 3.13. The van der Waals surface area contributed by atoms with E-state index in [-0.39, 0.29) is 29.9 Å². The van der Waals surface area contributed by atoms with Gasteiger partial charge in [-0.15, -0.1) is 23.5 Å². The number of aromatic nitrogens is 1. The number of carbonyl (C=O) groups is 3. The first-order valence-corrected chi connectivity index (χ1v) is 16.2. The number of amides is 2. The van der Waals surface area contributed by atoms with Crippen molar-refractivity contribution in [2.45, 2.75) is 22.9 Å². The van der Waals surface area contributed by atoms with Gasteiger partial charge in [0.25, 0.3) is 5.91 Å². The molecule has 1 saturated heterocycles. The molecule has 3 aromatic carbocycles. The number of β-lactam (4-membered cyclic amide) rings is 1. The van der Waals surface area contributed by atoms with Gasteiger partial charge in [-0.1, -0.05) is 71.9 Å². The topological polar surface area (TPSA) is 111 Å². The summed E-state index contributed by atoms with van der Waals surface area (Å²) in [4.78, 5) is 42.1. The second kappa shape index (κ2) is 13.9. The monoisotopic (exact) mass is 639 g/mol. The predicted octanol–water partition coefficient (Wildman–Crippen LogP) is 5.55. The summed E-state index contributed by atoms with van der Waals surface area (Å²) in [6.07, 6.45) is 3.47. The van der Waals surface area contributed by atoms with Crippen molar-refractivity contribution in [2.24, 2.45) is 0 Å². The molecular weight excluding hydrogens is 611 g/mol. The Morgan fingerprint density at radius 1 is 1.04 bits per heavy atom. The Labute approximate surface area is 268 Å². The van der Waals surface area contributed by atoms with Gasteiger partial charge < -0.3 is 19.3 Å². The van der Waals surface area contributed by atoms with Gasteiger partial charge >= 0.3 is 5.97 Å². The van der Waals surface area contributed by atoms with Crippen LogP contribution in [0.1, 0.15) is 11.3 Å². The van der Waals surface area contributed by atoms with Crippen LogP contribution in [-0.4, -0.2) is 57.9 Å². The fraction of sp³-hybridized carbons (Fsp3) is 0.176. The van der Waals surface area contributed by atoms with E-state index in [0.29, 0.717) is 28.5 Å². The van der Waals surface area contributed by atoms with Gasteiger partial charge in [0, 0.05) is 22.3 Å². The number of hydrogen-bond donors (Lipinski definition) is 1. The molecule has 0 bridgehead atoms. The maximum absolute atomic E-state index is 13.6. The number of hydrogen-bond acceptors (Lipinski definition) is 9. The molecule has 1 aromatic heterocycles. The third kappa shape index (κ3) is 7.00. The Morgan fingerprint density at radius 3 is 2.51 bits per heavy atom. The average Bonchev–Trinajstić information content (AvgIpc) is 3.57. The van der Waals surface area contributed by atoms with Gasteiger partial charge in [-0.05, 0) is 41.5 Å². The molecule has 9 nitrogen and oxygen atoms in total. The molecule has 3 heterocycles. The van der Waals surface area contributed by atoms with Crippen LogP contribution in [-0.2, 0) is 25.7 Å². The zero-order valence-electron chi connectivity index (χ0n) is 24.3. The zero-order valence-corrected chi connectivity index (χ0v) is 25.9. The van der Waals surface area contributed by atoms with Crippen molar-refractivity contribution in [3.05, 3.63) is 120 Å². The minimum Gasteiger partial charge on any atom is -0.497 e. The van der Waals surface area contributed by atoms with Gasteiger partial charge in [-0.2, -0.15) is 0 Å². The van der Waals surface area contributed by atoms with Crippen LogP contribution in [0.3, 0.4) is 0 Å². The van der Waals surface area contributed by atoms with Gasteiger partial charge in [0.2, 0.25) is 5.91 Å². The summed E-state index contributed by atoms with van der Waals surface area (Å²) in [5.74, 6) is 0.540. The number of fused-ring (bicyclic) bond motifs is 1. The molecule has 1 unspecified atom stereocenters. The first-order valence-electron chi connectivity index (χ1n) is 14.2. The molecule has 2 atom stereocenters. The van der Waals surface area contributed by atoms with Gasteiger partial charge in [-0.3, -0.25) is 14.5 Å². The van der Waals surface area contributed by atoms with Gasteiger partial charge in [0.05, 0.1) is 12.9 Å². The van der Waals surface area contributed by atoms with Crippen LogP contribution < -0.4 is 10.1 Å². The minimum absolute atomic E-state index is 0.0164. The highest BCUT2D eigenvalue weighted by molar-refractivity contribution is 8.00. The Kier molecular flexibility index (Phi) is 9.37. The third-order valence-corrected chi connectivity index (χ3v) is 9.51. The van der Waals surface area contributed by atoms with E-state index in [0.717, 1.165) is 16.0 Å². The number of thioether (sulfide) groups is 2. The predicted molar refractivity (Wildman–Crippen MR) is 173 cm³/mol. The Morgan fingerprint density at radius 2 is 1.78 bits per heavy atom. The molecule has 0 aliphatic carbocycles. The minimum atomic E-state index is -0.739. The lowest BCUT2D eigenvalue weighted by molar-refractivity contribution is -0.153. The van der Waals surface area contributed by atoms with Crippen molar-refractivity contribution < 1.29 is 28.4 Å². The van der Waals surface area contributed by atoms with E-state index in [1.807, 2.05) is 72.8 Å². The molecule has 0 saturated carbocycles. The number of ether oxygens (including phenoxy) is 2. The quantitative estimate of drug-likeness (QED) is 0.128. The summed E-state index contributed by atoms with van der Waals surface area (Å²) in [6.45, 7) is 0.0164. The fourth-order valence-electron chi connectivity index (χ4n) is 4.88. The lowest BCUT2D eigenvalue weighted by atomic mass is 10.0. The van der Waals surface area contributed by atoms with Crippen LogP contribution in [0.5, 0.6) is 5.75 Å². The molecule has 2 amide bonds. The SMILES string of the molecule is COc1ccc(COC(=O)C2=C(/C=C/c3cc(-c4ccccc4)no3)CSC3[C@H](NC(=O)CSc4ccccc4)C(=O)N23)cc1. The zero-order chi connectivity index (χ0) is 31.2. The number of carbonyl (C=O) groups excluding carboxylic acids is 3. The Bertz CT molecular complexity index is 1740. The van der Waals surface area contributed by atoms with Crippen molar-refractivity contribution in [1.82, 2.24) is 15.4 Å². The van der Waals surface area contributed by atoms with E-state index >= 15 is 0 Å². The maximum atomic E-state index is 13.6. The first kappa shape index (κ1) is 30.3.